The number of hydrogen-bond acceptors (Lipinski definition) is 5. The molecule has 24 heavy (non-hydrogen) atoms. The quantitative estimate of drug-likeness (QED) is 0.773. The van der Waals surface area contributed by atoms with Crippen LogP contribution in [-0.4, -0.2) is 50.7 Å². The van der Waals surface area contributed by atoms with Crippen molar-refractivity contribution < 1.29 is 4.79 Å². The molecule has 1 aromatic heterocycles. The van der Waals surface area contributed by atoms with Crippen LogP contribution in [0.1, 0.15) is 24.5 Å². The molecule has 7 nitrogen and oxygen atoms in total. The zero-order valence-electron chi connectivity index (χ0n) is 14.6. The third-order valence-corrected chi connectivity index (χ3v) is 4.12. The Morgan fingerprint density at radius 3 is 2.71 bits per heavy atom. The molecular formula is C16H24N6OS. The summed E-state index contributed by atoms with van der Waals surface area (Å²) in [6.07, 6.45) is 0.921. The van der Waals surface area contributed by atoms with E-state index in [1.165, 1.54) is 11.1 Å². The Kier molecular flexibility index (Phi) is 6.22. The Bertz CT molecular complexity index is 766. The molecule has 0 spiro atoms. The van der Waals surface area contributed by atoms with Crippen molar-refractivity contribution in [2.24, 2.45) is 0 Å². The van der Waals surface area contributed by atoms with Crippen molar-refractivity contribution in [3.05, 3.63) is 34.1 Å². The maximum Gasteiger partial charge on any atom is 0.234 e. The van der Waals surface area contributed by atoms with Gasteiger partial charge in [0.1, 0.15) is 0 Å². The van der Waals surface area contributed by atoms with Crippen LogP contribution < -0.4 is 5.32 Å². The number of benzene rings is 1. The molecule has 0 aliphatic heterocycles. The highest BCUT2D eigenvalue weighted by Gasteiger charge is 2.11. The van der Waals surface area contributed by atoms with Gasteiger partial charge in [-0.1, -0.05) is 13.0 Å². The average Bonchev–Trinajstić information content (AvgIpc) is 2.89. The molecule has 8 heteroatoms. The van der Waals surface area contributed by atoms with E-state index in [1.807, 2.05) is 37.1 Å². The highest BCUT2D eigenvalue weighted by Crippen LogP contribution is 2.13. The minimum absolute atomic E-state index is 0.00702. The molecular weight excluding hydrogens is 324 g/mol. The van der Waals surface area contributed by atoms with Crippen LogP contribution >= 0.6 is 12.2 Å². The smallest absolute Gasteiger partial charge is 0.234 e. The predicted molar refractivity (Wildman–Crippen MR) is 95.6 cm³/mol. The van der Waals surface area contributed by atoms with Gasteiger partial charge in [-0.05, 0) is 73.2 Å². The highest BCUT2D eigenvalue weighted by atomic mass is 32.1. The van der Waals surface area contributed by atoms with Crippen LogP contribution in [0.4, 0.5) is 0 Å². The van der Waals surface area contributed by atoms with Crippen molar-refractivity contribution in [2.75, 3.05) is 20.1 Å². The standard InChI is InChI=1S/C16H24N6OS/c1-5-8-17-15(23)10-20(4)11-21-16(24)22(19-18-21)14-7-6-12(2)13(3)9-14/h6-7,9H,5,8,10-11H2,1-4H3,(H,17,23). The van der Waals surface area contributed by atoms with E-state index in [0.717, 1.165) is 12.1 Å². The molecule has 0 saturated heterocycles. The fourth-order valence-electron chi connectivity index (χ4n) is 2.23. The summed E-state index contributed by atoms with van der Waals surface area (Å²) in [4.78, 5) is 13.6. The number of rotatable bonds is 7. The Morgan fingerprint density at radius 1 is 1.29 bits per heavy atom. The zero-order chi connectivity index (χ0) is 17.7. The van der Waals surface area contributed by atoms with E-state index in [0.29, 0.717) is 18.0 Å². The van der Waals surface area contributed by atoms with Gasteiger partial charge >= 0.3 is 0 Å². The first-order valence-corrected chi connectivity index (χ1v) is 8.39. The maximum atomic E-state index is 11.8. The van der Waals surface area contributed by atoms with Crippen LogP contribution in [0.2, 0.25) is 0 Å². The molecule has 2 rings (SSSR count). The van der Waals surface area contributed by atoms with E-state index in [-0.39, 0.29) is 12.5 Å². The van der Waals surface area contributed by atoms with Gasteiger partial charge in [-0.25, -0.2) is 4.68 Å². The van der Waals surface area contributed by atoms with Crippen LogP contribution in [0, 0.1) is 18.6 Å². The Morgan fingerprint density at radius 2 is 2.04 bits per heavy atom. The lowest BCUT2D eigenvalue weighted by molar-refractivity contribution is -0.122. The molecule has 0 aliphatic rings. The lowest BCUT2D eigenvalue weighted by Crippen LogP contribution is -2.36. The van der Waals surface area contributed by atoms with Crippen LogP contribution in [0.5, 0.6) is 0 Å². The maximum absolute atomic E-state index is 11.8. The third kappa shape index (κ3) is 4.48. The first-order chi connectivity index (χ1) is 11.4. The summed E-state index contributed by atoms with van der Waals surface area (Å²) in [6.45, 7) is 7.52. The SMILES string of the molecule is CCCNC(=O)CN(C)Cn1nnn(-c2ccc(C)c(C)c2)c1=S. The number of likely N-dealkylation sites (N-methyl/N-ethyl adjacent to an activating group) is 1. The van der Waals surface area contributed by atoms with Crippen LogP contribution in [0.25, 0.3) is 5.69 Å². The van der Waals surface area contributed by atoms with Gasteiger partial charge in [0.15, 0.2) is 0 Å². The van der Waals surface area contributed by atoms with E-state index in [9.17, 15) is 4.79 Å². The van der Waals surface area contributed by atoms with Gasteiger partial charge in [-0.15, -0.1) is 0 Å². The molecule has 0 atom stereocenters. The van der Waals surface area contributed by atoms with E-state index in [2.05, 4.69) is 29.6 Å². The van der Waals surface area contributed by atoms with E-state index in [4.69, 9.17) is 12.2 Å². The van der Waals surface area contributed by atoms with Gasteiger partial charge < -0.3 is 5.32 Å². The molecule has 1 amide bonds. The molecule has 0 bridgehead atoms. The number of amides is 1. The monoisotopic (exact) mass is 348 g/mol. The number of carbonyl (C=O) groups is 1. The number of hydrogen-bond donors (Lipinski definition) is 1. The summed E-state index contributed by atoms with van der Waals surface area (Å²) >= 11 is 5.46. The van der Waals surface area contributed by atoms with Crippen molar-refractivity contribution in [1.29, 1.82) is 0 Å². The van der Waals surface area contributed by atoms with Crippen molar-refractivity contribution in [3.63, 3.8) is 0 Å². The van der Waals surface area contributed by atoms with Gasteiger partial charge in [-0.2, -0.15) is 4.68 Å². The second-order valence-corrected chi connectivity index (χ2v) is 6.31. The van der Waals surface area contributed by atoms with Gasteiger partial charge in [0.05, 0.1) is 18.9 Å². The molecule has 130 valence electrons. The first kappa shape index (κ1) is 18.3. The average molecular weight is 348 g/mol. The lowest BCUT2D eigenvalue weighted by atomic mass is 10.1. The molecule has 0 radical (unpaired) electrons. The number of tetrazole rings is 1. The first-order valence-electron chi connectivity index (χ1n) is 7.98. The fourth-order valence-corrected chi connectivity index (χ4v) is 2.46. The molecule has 0 aliphatic carbocycles. The summed E-state index contributed by atoms with van der Waals surface area (Å²) in [5, 5.41) is 11.1. The number of nitrogens with zero attached hydrogens (tertiary/aromatic N) is 5. The Labute approximate surface area is 147 Å². The van der Waals surface area contributed by atoms with E-state index in [1.54, 1.807) is 9.36 Å². The Balaban J connectivity index is 2.08. The summed E-state index contributed by atoms with van der Waals surface area (Å²) in [6, 6.07) is 6.04. The minimum Gasteiger partial charge on any atom is -0.355 e. The van der Waals surface area contributed by atoms with Crippen molar-refractivity contribution in [3.8, 4) is 5.69 Å². The largest absolute Gasteiger partial charge is 0.355 e. The van der Waals surface area contributed by atoms with Gasteiger partial charge in [0.25, 0.3) is 0 Å². The fraction of sp³-hybridized carbons (Fsp3) is 0.500. The minimum atomic E-state index is -0.00702. The highest BCUT2D eigenvalue weighted by molar-refractivity contribution is 7.71. The normalized spacial score (nSPS) is 11.0. The number of nitrogens with one attached hydrogen (secondary N) is 1. The lowest BCUT2D eigenvalue weighted by Gasteiger charge is -2.15. The molecule has 0 unspecified atom stereocenters. The second-order valence-electron chi connectivity index (χ2n) is 5.95. The molecule has 1 N–H and O–H groups in total. The summed E-state index contributed by atoms with van der Waals surface area (Å²) in [5.74, 6) is -0.00702. The summed E-state index contributed by atoms with van der Waals surface area (Å²) in [5.41, 5.74) is 3.28. The van der Waals surface area contributed by atoms with Crippen LogP contribution in [0.3, 0.4) is 0 Å². The molecule has 0 saturated carbocycles. The number of aromatic nitrogens is 4. The molecule has 0 fully saturated rings. The topological polar surface area (TPSA) is 68.0 Å². The second kappa shape index (κ2) is 8.16. The molecule has 2 aromatic rings. The van der Waals surface area contributed by atoms with Gasteiger partial charge in [0.2, 0.25) is 10.7 Å². The van der Waals surface area contributed by atoms with Crippen molar-refractivity contribution in [1.82, 2.24) is 30.0 Å². The molecule has 1 heterocycles. The van der Waals surface area contributed by atoms with Crippen molar-refractivity contribution in [2.45, 2.75) is 33.9 Å². The summed E-state index contributed by atoms with van der Waals surface area (Å²) in [7, 11) is 1.85. The molecule has 1 aromatic carbocycles. The zero-order valence-corrected chi connectivity index (χ0v) is 15.4. The van der Waals surface area contributed by atoms with Crippen LogP contribution in [-0.2, 0) is 11.5 Å². The van der Waals surface area contributed by atoms with Crippen molar-refractivity contribution >= 4 is 18.1 Å². The van der Waals surface area contributed by atoms with E-state index < -0.39 is 0 Å². The van der Waals surface area contributed by atoms with Crippen LogP contribution in [0.15, 0.2) is 18.2 Å². The van der Waals surface area contributed by atoms with E-state index >= 15 is 0 Å². The third-order valence-electron chi connectivity index (χ3n) is 3.74. The predicted octanol–water partition coefficient (Wildman–Crippen LogP) is 1.83. The summed E-state index contributed by atoms with van der Waals surface area (Å²) < 4.78 is 3.74. The Hall–Kier alpha value is -2.06. The number of aryl methyl sites for hydroxylation is 2. The van der Waals surface area contributed by atoms with Gasteiger partial charge in [0, 0.05) is 6.54 Å². The van der Waals surface area contributed by atoms with Gasteiger partial charge in [-0.3, -0.25) is 9.69 Å². The number of carbonyl (C=O) groups excluding carboxylic acids is 1.